The fourth-order valence-corrected chi connectivity index (χ4v) is 3.66. The van der Waals surface area contributed by atoms with Gasteiger partial charge in [0, 0.05) is 38.4 Å². The number of nitrogens with one attached hydrogen (secondary N) is 2. The Kier molecular flexibility index (Phi) is 4.97. The van der Waals surface area contributed by atoms with Crippen LogP contribution >= 0.6 is 0 Å². The van der Waals surface area contributed by atoms with Gasteiger partial charge in [-0.2, -0.15) is 0 Å². The van der Waals surface area contributed by atoms with E-state index < -0.39 is 0 Å². The van der Waals surface area contributed by atoms with Gasteiger partial charge in [-0.05, 0) is 44.4 Å². The van der Waals surface area contributed by atoms with E-state index in [0.717, 1.165) is 51.3 Å². The number of hydrogen-bond acceptors (Lipinski definition) is 4. The van der Waals surface area contributed by atoms with Crippen LogP contribution in [-0.2, 0) is 11.3 Å². The average Bonchev–Trinajstić information content (AvgIpc) is 2.99. The number of nitrogens with zero attached hydrogens (tertiary/aromatic N) is 2. The van der Waals surface area contributed by atoms with Gasteiger partial charge in [0.15, 0.2) is 0 Å². The summed E-state index contributed by atoms with van der Waals surface area (Å²) in [5, 5.41) is 6.61. The van der Waals surface area contributed by atoms with Crippen molar-refractivity contribution in [1.82, 2.24) is 20.5 Å². The quantitative estimate of drug-likeness (QED) is 0.882. The molecule has 0 bridgehead atoms. The molecule has 2 aliphatic rings. The zero-order valence-corrected chi connectivity index (χ0v) is 14.2. The molecule has 5 nitrogen and oxygen atoms in total. The van der Waals surface area contributed by atoms with Crippen molar-refractivity contribution in [2.45, 2.75) is 39.3 Å². The molecule has 3 unspecified atom stereocenters. The molecule has 1 aromatic heterocycles. The lowest BCUT2D eigenvalue weighted by molar-refractivity contribution is -0.130. The van der Waals surface area contributed by atoms with Gasteiger partial charge < -0.3 is 10.6 Å². The van der Waals surface area contributed by atoms with Crippen LogP contribution in [0.5, 0.6) is 0 Å². The lowest BCUT2D eigenvalue weighted by atomic mass is 9.86. The molecule has 2 saturated heterocycles. The number of rotatable bonds is 4. The van der Waals surface area contributed by atoms with Crippen LogP contribution in [0.3, 0.4) is 0 Å². The zero-order valence-electron chi connectivity index (χ0n) is 14.2. The Morgan fingerprint density at radius 3 is 3.04 bits per heavy atom. The van der Waals surface area contributed by atoms with Gasteiger partial charge in [0.1, 0.15) is 0 Å². The lowest BCUT2D eigenvalue weighted by Crippen LogP contribution is -2.53. The van der Waals surface area contributed by atoms with E-state index in [4.69, 9.17) is 0 Å². The minimum atomic E-state index is -0.231. The highest BCUT2D eigenvalue weighted by Crippen LogP contribution is 2.26. The van der Waals surface area contributed by atoms with Crippen molar-refractivity contribution in [3.8, 4) is 0 Å². The van der Waals surface area contributed by atoms with E-state index >= 15 is 0 Å². The molecule has 23 heavy (non-hydrogen) atoms. The first-order valence-corrected chi connectivity index (χ1v) is 8.71. The number of carbonyl (C=O) groups is 1. The standard InChI is InChI=1S/C18H28N4O/c1-14-11-22(12-15-5-3-4-8-20-15)10-6-16(14)21-17(23)18(2)7-9-19-13-18/h3-5,8,14,16,19H,6-7,9-13H2,1-2H3,(H,21,23). The molecule has 2 aliphatic heterocycles. The Balaban J connectivity index is 1.51. The second kappa shape index (κ2) is 6.97. The second-order valence-corrected chi connectivity index (χ2v) is 7.39. The smallest absolute Gasteiger partial charge is 0.227 e. The van der Waals surface area contributed by atoms with Gasteiger partial charge in [0.2, 0.25) is 5.91 Å². The van der Waals surface area contributed by atoms with Crippen molar-refractivity contribution in [1.29, 1.82) is 0 Å². The van der Waals surface area contributed by atoms with Crippen molar-refractivity contribution >= 4 is 5.91 Å². The highest BCUT2D eigenvalue weighted by Gasteiger charge is 2.38. The van der Waals surface area contributed by atoms with E-state index in [1.165, 1.54) is 0 Å². The SMILES string of the molecule is CC1CN(Cc2ccccn2)CCC1NC(=O)C1(C)CCNC1. The fourth-order valence-electron chi connectivity index (χ4n) is 3.66. The molecule has 5 heteroatoms. The number of pyridine rings is 1. The molecule has 0 spiro atoms. The Morgan fingerprint density at radius 1 is 1.52 bits per heavy atom. The van der Waals surface area contributed by atoms with Gasteiger partial charge in [0.25, 0.3) is 0 Å². The summed E-state index contributed by atoms with van der Waals surface area (Å²) >= 11 is 0. The monoisotopic (exact) mass is 316 g/mol. The summed E-state index contributed by atoms with van der Waals surface area (Å²) in [5.74, 6) is 0.687. The van der Waals surface area contributed by atoms with Crippen LogP contribution in [0.15, 0.2) is 24.4 Å². The third kappa shape index (κ3) is 3.90. The summed E-state index contributed by atoms with van der Waals surface area (Å²) in [6.45, 7) is 8.98. The minimum Gasteiger partial charge on any atom is -0.352 e. The number of likely N-dealkylation sites (tertiary alicyclic amines) is 1. The highest BCUT2D eigenvalue weighted by molar-refractivity contribution is 5.83. The summed E-state index contributed by atoms with van der Waals surface area (Å²) < 4.78 is 0. The van der Waals surface area contributed by atoms with Crippen molar-refractivity contribution in [2.75, 3.05) is 26.2 Å². The van der Waals surface area contributed by atoms with E-state index in [0.29, 0.717) is 12.0 Å². The highest BCUT2D eigenvalue weighted by atomic mass is 16.2. The van der Waals surface area contributed by atoms with Crippen LogP contribution in [0.1, 0.15) is 32.4 Å². The van der Waals surface area contributed by atoms with Gasteiger partial charge in [-0.1, -0.05) is 13.0 Å². The fraction of sp³-hybridized carbons (Fsp3) is 0.667. The number of carbonyl (C=O) groups excluding carboxylic acids is 1. The van der Waals surface area contributed by atoms with Crippen LogP contribution in [0.25, 0.3) is 0 Å². The molecule has 126 valence electrons. The first kappa shape index (κ1) is 16.4. The normalized spacial score (nSPS) is 31.9. The van der Waals surface area contributed by atoms with Crippen LogP contribution in [0.2, 0.25) is 0 Å². The summed E-state index contributed by atoms with van der Waals surface area (Å²) in [7, 11) is 0. The number of hydrogen-bond donors (Lipinski definition) is 2. The van der Waals surface area contributed by atoms with Crippen molar-refractivity contribution in [3.05, 3.63) is 30.1 Å². The molecular formula is C18H28N4O. The maximum atomic E-state index is 12.6. The second-order valence-electron chi connectivity index (χ2n) is 7.39. The Morgan fingerprint density at radius 2 is 2.39 bits per heavy atom. The third-order valence-corrected chi connectivity index (χ3v) is 5.33. The van der Waals surface area contributed by atoms with Gasteiger partial charge in [-0.15, -0.1) is 0 Å². The summed E-state index contributed by atoms with van der Waals surface area (Å²) in [5.41, 5.74) is 0.886. The molecule has 0 aromatic carbocycles. The largest absolute Gasteiger partial charge is 0.352 e. The molecule has 2 N–H and O–H groups in total. The summed E-state index contributed by atoms with van der Waals surface area (Å²) in [6.07, 6.45) is 3.80. The number of amides is 1. The minimum absolute atomic E-state index is 0.220. The third-order valence-electron chi connectivity index (χ3n) is 5.33. The van der Waals surface area contributed by atoms with Gasteiger partial charge in [-0.25, -0.2) is 0 Å². The maximum Gasteiger partial charge on any atom is 0.227 e. The molecule has 1 aromatic rings. The molecule has 1 amide bonds. The van der Waals surface area contributed by atoms with Gasteiger partial charge in [-0.3, -0.25) is 14.7 Å². The maximum absolute atomic E-state index is 12.6. The molecule has 3 rings (SSSR count). The lowest BCUT2D eigenvalue weighted by Gasteiger charge is -2.38. The van der Waals surface area contributed by atoms with Crippen molar-refractivity contribution < 1.29 is 4.79 Å². The molecule has 2 fully saturated rings. The first-order chi connectivity index (χ1) is 11.1. The molecule has 0 aliphatic carbocycles. The number of piperidine rings is 1. The van der Waals surface area contributed by atoms with Crippen LogP contribution in [-0.4, -0.2) is 48.0 Å². The van der Waals surface area contributed by atoms with E-state index in [2.05, 4.69) is 40.4 Å². The van der Waals surface area contributed by atoms with E-state index in [9.17, 15) is 4.79 Å². The molecule has 0 saturated carbocycles. The van der Waals surface area contributed by atoms with Crippen molar-refractivity contribution in [3.63, 3.8) is 0 Å². The molecular weight excluding hydrogens is 288 g/mol. The Hall–Kier alpha value is -1.46. The van der Waals surface area contributed by atoms with Crippen LogP contribution in [0, 0.1) is 11.3 Å². The van der Waals surface area contributed by atoms with E-state index in [1.807, 2.05) is 18.3 Å². The van der Waals surface area contributed by atoms with Gasteiger partial charge >= 0.3 is 0 Å². The zero-order chi connectivity index (χ0) is 16.3. The van der Waals surface area contributed by atoms with Crippen LogP contribution < -0.4 is 10.6 Å². The van der Waals surface area contributed by atoms with Gasteiger partial charge in [0.05, 0.1) is 11.1 Å². The predicted octanol–water partition coefficient (Wildman–Crippen LogP) is 1.41. The molecule has 0 radical (unpaired) electrons. The van der Waals surface area contributed by atoms with E-state index in [1.54, 1.807) is 0 Å². The summed E-state index contributed by atoms with van der Waals surface area (Å²) in [4.78, 5) is 19.4. The van der Waals surface area contributed by atoms with Crippen LogP contribution in [0.4, 0.5) is 0 Å². The Bertz CT molecular complexity index is 527. The van der Waals surface area contributed by atoms with E-state index in [-0.39, 0.29) is 11.3 Å². The van der Waals surface area contributed by atoms with Crippen molar-refractivity contribution in [2.24, 2.45) is 11.3 Å². The Labute approximate surface area is 138 Å². The molecule has 3 atom stereocenters. The number of aromatic nitrogens is 1. The topological polar surface area (TPSA) is 57.3 Å². The average molecular weight is 316 g/mol. The first-order valence-electron chi connectivity index (χ1n) is 8.71. The molecule has 3 heterocycles. The summed E-state index contributed by atoms with van der Waals surface area (Å²) in [6, 6.07) is 6.35. The predicted molar refractivity (Wildman–Crippen MR) is 90.8 cm³/mol.